The van der Waals surface area contributed by atoms with Crippen LogP contribution in [0.25, 0.3) is 11.0 Å². The van der Waals surface area contributed by atoms with Crippen LogP contribution in [0.3, 0.4) is 0 Å². The molecule has 0 aliphatic heterocycles. The van der Waals surface area contributed by atoms with Crippen LogP contribution in [0.1, 0.15) is 37.0 Å². The molecule has 3 N–H and O–H groups in total. The molecule has 13 heteroatoms. The van der Waals surface area contributed by atoms with E-state index in [4.69, 9.17) is 9.15 Å². The lowest BCUT2D eigenvalue weighted by Crippen LogP contribution is -2.41. The summed E-state index contributed by atoms with van der Waals surface area (Å²) in [6, 6.07) is 12.0. The normalized spacial score (nSPS) is 17.5. The molecule has 1 aliphatic carbocycles. The fraction of sp³-hybridized carbons (Fsp3) is 0.385. The third kappa shape index (κ3) is 7.47. The Morgan fingerprint density at radius 1 is 1.03 bits per heavy atom. The Kier molecular flexibility index (Phi) is 8.69. The van der Waals surface area contributed by atoms with Gasteiger partial charge >= 0.3 is 18.0 Å². The number of hydrogen-bond acceptors (Lipinski definition) is 7. The van der Waals surface area contributed by atoms with E-state index in [9.17, 15) is 32.9 Å². The first-order chi connectivity index (χ1) is 18.6. The number of halogens is 3. The average Bonchev–Trinajstić information content (AvgIpc) is 3.33. The average molecular weight is 549 g/mol. The Labute approximate surface area is 221 Å². The first-order valence-electron chi connectivity index (χ1n) is 12.4. The second-order valence-electron chi connectivity index (χ2n) is 9.16. The smallest absolute Gasteiger partial charge is 0.423 e. The van der Waals surface area contributed by atoms with Crippen molar-refractivity contribution in [3.63, 3.8) is 0 Å². The molecule has 2 amide bonds. The fourth-order valence-electron chi connectivity index (χ4n) is 4.46. The third-order valence-electron chi connectivity index (χ3n) is 6.39. The summed E-state index contributed by atoms with van der Waals surface area (Å²) in [5, 5.41) is 19.8. The molecule has 4 rings (SSSR count). The lowest BCUT2D eigenvalue weighted by atomic mass is 9.92. The molecule has 0 bridgehead atoms. The Bertz CT molecular complexity index is 1300. The van der Waals surface area contributed by atoms with Crippen molar-refractivity contribution in [3.8, 4) is 0 Å². The van der Waals surface area contributed by atoms with Crippen LogP contribution < -0.4 is 16.0 Å². The van der Waals surface area contributed by atoms with Gasteiger partial charge in [0.1, 0.15) is 16.9 Å². The molecule has 1 aromatic heterocycles. The maximum atomic E-state index is 13.2. The number of alkyl halides is 3. The topological polar surface area (TPSA) is 136 Å². The number of nitro benzene ring substituents is 1. The maximum Gasteiger partial charge on any atom is 0.423 e. The van der Waals surface area contributed by atoms with Crippen LogP contribution in [-0.4, -0.2) is 42.0 Å². The van der Waals surface area contributed by atoms with Crippen LogP contribution in [0.2, 0.25) is 0 Å². The number of rotatable bonds is 9. The van der Waals surface area contributed by atoms with Crippen molar-refractivity contribution >= 4 is 34.2 Å². The van der Waals surface area contributed by atoms with Crippen LogP contribution in [0.4, 0.5) is 24.5 Å². The summed E-state index contributed by atoms with van der Waals surface area (Å²) >= 11 is 0. The first-order valence-corrected chi connectivity index (χ1v) is 12.4. The summed E-state index contributed by atoms with van der Waals surface area (Å²) < 4.78 is 51.0. The Hall–Kier alpha value is -4.13. The van der Waals surface area contributed by atoms with Gasteiger partial charge in [-0.25, -0.2) is 0 Å². The van der Waals surface area contributed by atoms with E-state index in [0.29, 0.717) is 37.0 Å². The molecule has 39 heavy (non-hydrogen) atoms. The minimum Gasteiger partial charge on any atom is -0.459 e. The van der Waals surface area contributed by atoms with Gasteiger partial charge in [-0.05, 0) is 49.9 Å². The number of furan rings is 1. The van der Waals surface area contributed by atoms with Crippen LogP contribution in [0.5, 0.6) is 0 Å². The fourth-order valence-corrected chi connectivity index (χ4v) is 4.46. The van der Waals surface area contributed by atoms with Gasteiger partial charge in [0.25, 0.3) is 5.69 Å². The van der Waals surface area contributed by atoms with Gasteiger partial charge in [0, 0.05) is 29.7 Å². The molecule has 0 unspecified atom stereocenters. The highest BCUT2D eigenvalue weighted by Crippen LogP contribution is 2.38. The van der Waals surface area contributed by atoms with Crippen LogP contribution in [-0.2, 0) is 27.0 Å². The summed E-state index contributed by atoms with van der Waals surface area (Å²) in [6.07, 6.45) is -2.40. The zero-order valence-corrected chi connectivity index (χ0v) is 20.8. The Morgan fingerprint density at radius 2 is 1.74 bits per heavy atom. The predicted octanol–water partition coefficient (Wildman–Crippen LogP) is 4.53. The molecule has 1 saturated carbocycles. The van der Waals surface area contributed by atoms with Crippen molar-refractivity contribution in [2.75, 3.05) is 18.5 Å². The number of amides is 2. The zero-order chi connectivity index (χ0) is 28.0. The second kappa shape index (κ2) is 12.2. The summed E-state index contributed by atoms with van der Waals surface area (Å²) in [7, 11) is 0. The number of nitro groups is 1. The predicted molar refractivity (Wildman–Crippen MR) is 135 cm³/mol. The van der Waals surface area contributed by atoms with Crippen molar-refractivity contribution in [1.29, 1.82) is 0 Å². The van der Waals surface area contributed by atoms with Gasteiger partial charge in [-0.3, -0.25) is 19.7 Å². The molecule has 0 saturated heterocycles. The van der Waals surface area contributed by atoms with Gasteiger partial charge in [-0.15, -0.1) is 0 Å². The quantitative estimate of drug-likeness (QED) is 0.155. The molecule has 208 valence electrons. The van der Waals surface area contributed by atoms with E-state index in [1.165, 1.54) is 6.07 Å². The molecular weight excluding hydrogens is 521 g/mol. The monoisotopic (exact) mass is 548 g/mol. The van der Waals surface area contributed by atoms with E-state index in [1.54, 1.807) is 6.07 Å². The van der Waals surface area contributed by atoms with E-state index in [0.717, 1.165) is 17.5 Å². The van der Waals surface area contributed by atoms with Gasteiger partial charge in [-0.1, -0.05) is 18.2 Å². The molecule has 0 radical (unpaired) electrons. The molecule has 1 aliphatic rings. The van der Waals surface area contributed by atoms with E-state index in [-0.39, 0.29) is 37.5 Å². The van der Waals surface area contributed by atoms with Crippen molar-refractivity contribution in [2.24, 2.45) is 0 Å². The molecular formula is C26H27F3N4O6. The molecule has 0 spiro atoms. The van der Waals surface area contributed by atoms with E-state index >= 15 is 0 Å². The SMILES string of the molecule is O=C(NCCOC1CCC(Nc2ccc([N+](=O)[O-])c(C(F)(F)F)c2)CC1)C(=O)NCc1cc2ccccc2o1. The van der Waals surface area contributed by atoms with E-state index < -0.39 is 34.2 Å². The molecule has 1 heterocycles. The summed E-state index contributed by atoms with van der Waals surface area (Å²) in [5.41, 5.74) is -1.42. The third-order valence-corrected chi connectivity index (χ3v) is 6.39. The number of benzene rings is 2. The van der Waals surface area contributed by atoms with Crippen LogP contribution >= 0.6 is 0 Å². The van der Waals surface area contributed by atoms with Crippen molar-refractivity contribution < 1.29 is 36.8 Å². The van der Waals surface area contributed by atoms with Crippen molar-refractivity contribution in [3.05, 3.63) is 70.0 Å². The van der Waals surface area contributed by atoms with Crippen LogP contribution in [0, 0.1) is 10.1 Å². The summed E-state index contributed by atoms with van der Waals surface area (Å²) in [6.45, 7) is 0.410. The number of anilines is 1. The highest BCUT2D eigenvalue weighted by molar-refractivity contribution is 6.35. The molecule has 0 atom stereocenters. The van der Waals surface area contributed by atoms with Crippen LogP contribution in [0.15, 0.2) is 52.9 Å². The minimum absolute atomic E-state index is 0.0755. The second-order valence-corrected chi connectivity index (χ2v) is 9.16. The number of fused-ring (bicyclic) bond motifs is 1. The number of ether oxygens (including phenoxy) is 1. The van der Waals surface area contributed by atoms with Gasteiger partial charge in [-0.2, -0.15) is 13.2 Å². The summed E-state index contributed by atoms with van der Waals surface area (Å²) in [4.78, 5) is 33.9. The molecule has 2 aromatic carbocycles. The molecule has 1 fully saturated rings. The lowest BCUT2D eigenvalue weighted by Gasteiger charge is -2.30. The van der Waals surface area contributed by atoms with Gasteiger partial charge < -0.3 is 25.1 Å². The number of carbonyl (C=O) groups excluding carboxylic acids is 2. The number of carbonyl (C=O) groups is 2. The van der Waals surface area contributed by atoms with Crippen molar-refractivity contribution in [2.45, 2.75) is 50.6 Å². The number of nitrogens with one attached hydrogen (secondary N) is 3. The zero-order valence-electron chi connectivity index (χ0n) is 20.8. The molecule has 10 nitrogen and oxygen atoms in total. The number of nitrogens with zero attached hydrogens (tertiary/aromatic N) is 1. The Balaban J connectivity index is 1.13. The highest BCUT2D eigenvalue weighted by atomic mass is 19.4. The van der Waals surface area contributed by atoms with Gasteiger partial charge in [0.15, 0.2) is 0 Å². The van der Waals surface area contributed by atoms with Gasteiger partial charge in [0.2, 0.25) is 0 Å². The standard InChI is InChI=1S/C26H27F3N4O6/c27-26(28,29)21-14-18(7-10-22(21)33(36)37)32-17-5-8-19(9-6-17)38-12-11-30-24(34)25(35)31-15-20-13-16-3-1-2-4-23(16)39-20/h1-4,7,10,13-14,17,19,32H,5-6,8-9,11-12,15H2,(H,30,34)(H,31,35). The van der Waals surface area contributed by atoms with Gasteiger partial charge in [0.05, 0.1) is 24.2 Å². The van der Waals surface area contributed by atoms with Crippen molar-refractivity contribution in [1.82, 2.24) is 10.6 Å². The minimum atomic E-state index is -4.84. The maximum absolute atomic E-state index is 13.2. The molecule has 3 aromatic rings. The van der Waals surface area contributed by atoms with E-state index in [2.05, 4.69) is 16.0 Å². The first kappa shape index (κ1) is 27.9. The Morgan fingerprint density at radius 3 is 2.44 bits per heavy atom. The summed E-state index contributed by atoms with van der Waals surface area (Å²) in [5.74, 6) is -1.05. The number of hydrogen-bond donors (Lipinski definition) is 3. The highest BCUT2D eigenvalue weighted by Gasteiger charge is 2.38. The van der Waals surface area contributed by atoms with E-state index in [1.807, 2.05) is 24.3 Å². The lowest BCUT2D eigenvalue weighted by molar-refractivity contribution is -0.388. The largest absolute Gasteiger partial charge is 0.459 e. The number of para-hydroxylation sites is 1.